The summed E-state index contributed by atoms with van der Waals surface area (Å²) in [6.45, 7) is 0. The molecule has 88 valence electrons. The number of carbonyl (C=O) groups excluding carboxylic acids is 1. The Morgan fingerprint density at radius 2 is 2.18 bits per heavy atom. The summed E-state index contributed by atoms with van der Waals surface area (Å²) in [6.07, 6.45) is 0. The Labute approximate surface area is 94.5 Å². The second-order valence-electron chi connectivity index (χ2n) is 3.36. The highest BCUT2D eigenvalue weighted by Crippen LogP contribution is 2.25. The smallest absolute Gasteiger partial charge is 0.347 e. The number of hydrogen-bond donors (Lipinski definition) is 2. The van der Waals surface area contributed by atoms with Gasteiger partial charge in [0, 0.05) is 5.39 Å². The highest BCUT2D eigenvalue weighted by molar-refractivity contribution is 5.99. The summed E-state index contributed by atoms with van der Waals surface area (Å²) in [7, 11) is 1.08. The molecule has 0 unspecified atom stereocenters. The van der Waals surface area contributed by atoms with Crippen molar-refractivity contribution in [3.8, 4) is 5.75 Å². The lowest BCUT2D eigenvalue weighted by Gasteiger charge is -2.05. The average molecular weight is 237 g/mol. The lowest BCUT2D eigenvalue weighted by molar-refractivity contribution is 0.0595. The molecular weight excluding hydrogens is 229 g/mol. The lowest BCUT2D eigenvalue weighted by Crippen LogP contribution is -2.19. The monoisotopic (exact) mass is 237 g/mol. The van der Waals surface area contributed by atoms with Crippen LogP contribution in [0.1, 0.15) is 10.4 Å². The van der Waals surface area contributed by atoms with Crippen molar-refractivity contribution in [3.05, 3.63) is 39.9 Å². The first kappa shape index (κ1) is 11.1. The normalized spacial score (nSPS) is 10.5. The van der Waals surface area contributed by atoms with Gasteiger partial charge in [-0.05, 0) is 18.2 Å². The highest BCUT2D eigenvalue weighted by atomic mass is 19.1. The molecule has 0 radical (unpaired) electrons. The van der Waals surface area contributed by atoms with E-state index in [9.17, 15) is 19.1 Å². The number of aromatic hydroxyl groups is 1. The van der Waals surface area contributed by atoms with E-state index in [1.165, 1.54) is 6.07 Å². The number of aromatic nitrogens is 1. The maximum absolute atomic E-state index is 13.0. The highest BCUT2D eigenvalue weighted by Gasteiger charge is 2.19. The first-order valence-electron chi connectivity index (χ1n) is 4.67. The Bertz CT molecular complexity index is 662. The number of H-pyrrole nitrogens is 1. The van der Waals surface area contributed by atoms with E-state index in [2.05, 4.69) is 9.72 Å². The Morgan fingerprint density at radius 1 is 1.47 bits per heavy atom. The van der Waals surface area contributed by atoms with E-state index < -0.39 is 28.7 Å². The third-order valence-corrected chi connectivity index (χ3v) is 2.34. The third-order valence-electron chi connectivity index (χ3n) is 2.34. The van der Waals surface area contributed by atoms with E-state index in [-0.39, 0.29) is 10.9 Å². The van der Waals surface area contributed by atoms with E-state index in [0.717, 1.165) is 19.2 Å². The van der Waals surface area contributed by atoms with Crippen LogP contribution in [0.4, 0.5) is 4.39 Å². The fraction of sp³-hybridized carbons (Fsp3) is 0.0909. The number of ether oxygens (including phenoxy) is 1. The van der Waals surface area contributed by atoms with Crippen LogP contribution >= 0.6 is 0 Å². The van der Waals surface area contributed by atoms with Gasteiger partial charge in [-0.3, -0.25) is 4.79 Å². The molecule has 2 N–H and O–H groups in total. The number of halogens is 1. The summed E-state index contributed by atoms with van der Waals surface area (Å²) in [5.41, 5.74) is -1.08. The zero-order valence-electron chi connectivity index (χ0n) is 8.78. The summed E-state index contributed by atoms with van der Waals surface area (Å²) in [5.74, 6) is -2.15. The third kappa shape index (κ3) is 1.73. The SMILES string of the molecule is COC(=O)c1c(O)c2cc(F)ccc2[nH]c1=O. The molecule has 2 aromatic rings. The molecule has 0 amide bonds. The summed E-state index contributed by atoms with van der Waals surface area (Å²) in [6, 6.07) is 3.45. The van der Waals surface area contributed by atoms with Gasteiger partial charge in [-0.1, -0.05) is 0 Å². The number of pyridine rings is 1. The Morgan fingerprint density at radius 3 is 2.82 bits per heavy atom. The molecule has 17 heavy (non-hydrogen) atoms. The van der Waals surface area contributed by atoms with Crippen LogP contribution < -0.4 is 5.56 Å². The molecule has 0 fully saturated rings. The van der Waals surface area contributed by atoms with Gasteiger partial charge in [0.1, 0.15) is 11.6 Å². The summed E-state index contributed by atoms with van der Waals surface area (Å²) < 4.78 is 17.4. The number of rotatable bonds is 1. The molecular formula is C11H8FNO4. The van der Waals surface area contributed by atoms with Crippen LogP contribution in [0.15, 0.2) is 23.0 Å². The van der Waals surface area contributed by atoms with Crippen LogP contribution in [0.2, 0.25) is 0 Å². The van der Waals surface area contributed by atoms with Crippen LogP contribution in [-0.2, 0) is 4.74 Å². The average Bonchev–Trinajstić information content (AvgIpc) is 2.30. The van der Waals surface area contributed by atoms with Crippen molar-refractivity contribution < 1.29 is 19.0 Å². The van der Waals surface area contributed by atoms with Crippen LogP contribution in [-0.4, -0.2) is 23.2 Å². The van der Waals surface area contributed by atoms with Gasteiger partial charge in [0.05, 0.1) is 12.6 Å². The molecule has 0 aliphatic rings. The molecule has 0 aliphatic heterocycles. The second kappa shape index (κ2) is 3.89. The van der Waals surface area contributed by atoms with Gasteiger partial charge in [-0.25, -0.2) is 9.18 Å². The molecule has 0 aliphatic carbocycles. The van der Waals surface area contributed by atoms with Crippen LogP contribution in [0, 0.1) is 5.82 Å². The maximum Gasteiger partial charge on any atom is 0.347 e. The lowest BCUT2D eigenvalue weighted by atomic mass is 10.1. The summed E-state index contributed by atoms with van der Waals surface area (Å²) in [4.78, 5) is 25.2. The van der Waals surface area contributed by atoms with Crippen molar-refractivity contribution in [2.75, 3.05) is 7.11 Å². The maximum atomic E-state index is 13.0. The van der Waals surface area contributed by atoms with Gasteiger partial charge in [0.2, 0.25) is 0 Å². The van der Waals surface area contributed by atoms with E-state index in [0.29, 0.717) is 0 Å². The van der Waals surface area contributed by atoms with Crippen LogP contribution in [0.25, 0.3) is 10.9 Å². The number of hydrogen-bond acceptors (Lipinski definition) is 4. The number of benzene rings is 1. The first-order valence-corrected chi connectivity index (χ1v) is 4.67. The molecule has 2 rings (SSSR count). The van der Waals surface area contributed by atoms with Gasteiger partial charge in [0.15, 0.2) is 5.56 Å². The van der Waals surface area contributed by atoms with Gasteiger partial charge in [0.25, 0.3) is 5.56 Å². The fourth-order valence-corrected chi connectivity index (χ4v) is 1.54. The molecule has 6 heteroatoms. The molecule has 0 saturated carbocycles. The van der Waals surface area contributed by atoms with Gasteiger partial charge in [-0.15, -0.1) is 0 Å². The largest absolute Gasteiger partial charge is 0.506 e. The number of methoxy groups -OCH3 is 1. The van der Waals surface area contributed by atoms with E-state index in [1.54, 1.807) is 0 Å². The predicted molar refractivity (Wildman–Crippen MR) is 57.5 cm³/mol. The van der Waals surface area contributed by atoms with Crippen LogP contribution in [0.3, 0.4) is 0 Å². The minimum absolute atomic E-state index is 0.0463. The Hall–Kier alpha value is -2.37. The van der Waals surface area contributed by atoms with Crippen molar-refractivity contribution in [1.82, 2.24) is 4.98 Å². The zero-order chi connectivity index (χ0) is 12.6. The summed E-state index contributed by atoms with van der Waals surface area (Å²) in [5, 5.41) is 9.82. The van der Waals surface area contributed by atoms with E-state index in [4.69, 9.17) is 0 Å². The molecule has 0 bridgehead atoms. The number of esters is 1. The molecule has 0 spiro atoms. The topological polar surface area (TPSA) is 79.4 Å². The standard InChI is InChI=1S/C11H8FNO4/c1-17-11(16)8-9(14)6-4-5(12)2-3-7(6)13-10(8)15/h2-4H,1H3,(H2,13,14,15). The fourth-order valence-electron chi connectivity index (χ4n) is 1.54. The minimum atomic E-state index is -0.977. The van der Waals surface area contributed by atoms with Crippen molar-refractivity contribution in [2.45, 2.75) is 0 Å². The van der Waals surface area contributed by atoms with Crippen molar-refractivity contribution in [2.24, 2.45) is 0 Å². The molecule has 1 heterocycles. The number of carbonyl (C=O) groups is 1. The number of aromatic amines is 1. The quantitative estimate of drug-likeness (QED) is 0.729. The van der Waals surface area contributed by atoms with E-state index in [1.807, 2.05) is 0 Å². The Kier molecular flexibility index (Phi) is 2.55. The number of fused-ring (bicyclic) bond motifs is 1. The van der Waals surface area contributed by atoms with Crippen LogP contribution in [0.5, 0.6) is 5.75 Å². The molecule has 1 aromatic carbocycles. The molecule has 0 atom stereocenters. The first-order chi connectivity index (χ1) is 8.04. The zero-order valence-corrected chi connectivity index (χ0v) is 8.78. The van der Waals surface area contributed by atoms with Crippen molar-refractivity contribution in [3.63, 3.8) is 0 Å². The number of nitrogens with one attached hydrogen (secondary N) is 1. The van der Waals surface area contributed by atoms with Crippen molar-refractivity contribution in [1.29, 1.82) is 0 Å². The van der Waals surface area contributed by atoms with E-state index >= 15 is 0 Å². The molecule has 0 saturated heterocycles. The van der Waals surface area contributed by atoms with Crippen molar-refractivity contribution >= 4 is 16.9 Å². The van der Waals surface area contributed by atoms with Gasteiger partial charge >= 0.3 is 5.97 Å². The minimum Gasteiger partial charge on any atom is -0.506 e. The molecule has 5 nitrogen and oxygen atoms in total. The predicted octanol–water partition coefficient (Wildman–Crippen LogP) is 1.16. The van der Waals surface area contributed by atoms with Gasteiger partial charge in [-0.2, -0.15) is 0 Å². The second-order valence-corrected chi connectivity index (χ2v) is 3.36. The molecule has 1 aromatic heterocycles. The summed E-state index contributed by atoms with van der Waals surface area (Å²) >= 11 is 0. The Balaban J connectivity index is 2.87. The van der Waals surface area contributed by atoms with Gasteiger partial charge < -0.3 is 14.8 Å².